The molecule has 3 rings (SSSR count). The zero-order chi connectivity index (χ0) is 17.8. The summed E-state index contributed by atoms with van der Waals surface area (Å²) in [6, 6.07) is 10.0. The zero-order valence-corrected chi connectivity index (χ0v) is 15.1. The second-order valence-corrected chi connectivity index (χ2v) is 7.06. The molecule has 1 atom stereocenters. The number of hydrogen-bond acceptors (Lipinski definition) is 4. The number of nitrogens with one attached hydrogen (secondary N) is 1. The Morgan fingerprint density at radius 3 is 2.40 bits per heavy atom. The number of likely N-dealkylation sites (N-methyl/N-ethyl adjacent to an activating group) is 1. The summed E-state index contributed by atoms with van der Waals surface area (Å²) in [6.45, 7) is 5.66. The van der Waals surface area contributed by atoms with Crippen LogP contribution in [0.2, 0.25) is 0 Å². The summed E-state index contributed by atoms with van der Waals surface area (Å²) in [5.41, 5.74) is 0.913. The van der Waals surface area contributed by atoms with E-state index in [4.69, 9.17) is 0 Å². The van der Waals surface area contributed by atoms with Crippen LogP contribution in [-0.4, -0.2) is 73.5 Å². The number of hydrogen-bond donors (Lipinski definition) is 1. The van der Waals surface area contributed by atoms with Gasteiger partial charge < -0.3 is 10.2 Å². The molecular formula is C19H28N4O2. The van der Waals surface area contributed by atoms with Crippen molar-refractivity contribution in [3.05, 3.63) is 30.3 Å². The molecule has 25 heavy (non-hydrogen) atoms. The van der Waals surface area contributed by atoms with Crippen molar-refractivity contribution in [2.75, 3.05) is 44.7 Å². The van der Waals surface area contributed by atoms with Gasteiger partial charge in [-0.2, -0.15) is 0 Å². The molecule has 6 nitrogen and oxygen atoms in total. The van der Waals surface area contributed by atoms with Crippen LogP contribution < -0.4 is 10.2 Å². The Morgan fingerprint density at radius 1 is 1.16 bits per heavy atom. The molecule has 0 bridgehead atoms. The van der Waals surface area contributed by atoms with Crippen LogP contribution in [0.3, 0.4) is 0 Å². The second-order valence-electron chi connectivity index (χ2n) is 7.06. The summed E-state index contributed by atoms with van der Waals surface area (Å²) >= 11 is 0. The third-order valence-electron chi connectivity index (χ3n) is 5.13. The van der Waals surface area contributed by atoms with Crippen LogP contribution in [0.5, 0.6) is 0 Å². The molecule has 1 unspecified atom stereocenters. The van der Waals surface area contributed by atoms with Crippen molar-refractivity contribution in [3.63, 3.8) is 0 Å². The molecule has 1 aliphatic carbocycles. The molecular weight excluding hydrogens is 316 g/mol. The number of carbonyl (C=O) groups excluding carboxylic acids is 2. The van der Waals surface area contributed by atoms with Gasteiger partial charge in [0, 0.05) is 45.0 Å². The van der Waals surface area contributed by atoms with Crippen LogP contribution in [0.25, 0.3) is 0 Å². The smallest absolute Gasteiger partial charge is 0.240 e. The van der Waals surface area contributed by atoms with Gasteiger partial charge in [-0.05, 0) is 31.9 Å². The number of carbonyl (C=O) groups is 2. The maximum Gasteiger partial charge on any atom is 0.240 e. The van der Waals surface area contributed by atoms with Crippen molar-refractivity contribution in [2.45, 2.75) is 31.8 Å². The lowest BCUT2D eigenvalue weighted by molar-refractivity contribution is -0.127. The van der Waals surface area contributed by atoms with Gasteiger partial charge in [-0.3, -0.25) is 19.4 Å². The van der Waals surface area contributed by atoms with E-state index < -0.39 is 0 Å². The van der Waals surface area contributed by atoms with E-state index in [0.717, 1.165) is 44.7 Å². The number of amides is 2. The molecule has 1 saturated carbocycles. The Kier molecular flexibility index (Phi) is 5.71. The minimum atomic E-state index is -0.0922. The van der Waals surface area contributed by atoms with Gasteiger partial charge >= 0.3 is 0 Å². The van der Waals surface area contributed by atoms with Gasteiger partial charge in [0.1, 0.15) is 0 Å². The maximum absolute atomic E-state index is 12.5. The summed E-state index contributed by atoms with van der Waals surface area (Å²) in [4.78, 5) is 30.7. The fourth-order valence-electron chi connectivity index (χ4n) is 3.12. The van der Waals surface area contributed by atoms with Gasteiger partial charge in [0.15, 0.2) is 0 Å². The van der Waals surface area contributed by atoms with Crippen LogP contribution >= 0.6 is 0 Å². The third kappa shape index (κ3) is 4.80. The van der Waals surface area contributed by atoms with E-state index in [1.807, 2.05) is 44.3 Å². The molecule has 1 heterocycles. The lowest BCUT2D eigenvalue weighted by atomic mass is 10.2. The van der Waals surface area contributed by atoms with E-state index in [0.29, 0.717) is 12.6 Å². The average Bonchev–Trinajstić information content (AvgIpc) is 3.45. The predicted octanol–water partition coefficient (Wildman–Crippen LogP) is 0.934. The number of piperazine rings is 1. The van der Waals surface area contributed by atoms with Crippen molar-refractivity contribution < 1.29 is 9.59 Å². The molecule has 1 N–H and O–H groups in total. The van der Waals surface area contributed by atoms with Crippen molar-refractivity contribution in [1.29, 1.82) is 0 Å². The number of rotatable bonds is 6. The first-order chi connectivity index (χ1) is 12.0. The van der Waals surface area contributed by atoms with Gasteiger partial charge in [-0.15, -0.1) is 0 Å². The van der Waals surface area contributed by atoms with Crippen LogP contribution in [-0.2, 0) is 9.59 Å². The number of benzene rings is 1. The third-order valence-corrected chi connectivity index (χ3v) is 5.13. The molecule has 136 valence electrons. The Morgan fingerprint density at radius 2 is 1.80 bits per heavy atom. The molecule has 6 heteroatoms. The molecule has 1 saturated heterocycles. The lowest BCUT2D eigenvalue weighted by Gasteiger charge is -2.37. The molecule has 0 radical (unpaired) electrons. The van der Waals surface area contributed by atoms with Gasteiger partial charge in [0.05, 0.1) is 12.6 Å². The van der Waals surface area contributed by atoms with Gasteiger partial charge in [-0.1, -0.05) is 18.2 Å². The monoisotopic (exact) mass is 344 g/mol. The second kappa shape index (κ2) is 7.97. The molecule has 0 aromatic heterocycles. The minimum Gasteiger partial charge on any atom is -0.352 e. The summed E-state index contributed by atoms with van der Waals surface area (Å²) < 4.78 is 0. The predicted molar refractivity (Wildman–Crippen MR) is 98.5 cm³/mol. The largest absolute Gasteiger partial charge is 0.352 e. The fourth-order valence-corrected chi connectivity index (χ4v) is 3.12. The van der Waals surface area contributed by atoms with Crippen LogP contribution in [0.1, 0.15) is 19.8 Å². The van der Waals surface area contributed by atoms with Gasteiger partial charge in [0.2, 0.25) is 11.8 Å². The van der Waals surface area contributed by atoms with E-state index in [-0.39, 0.29) is 17.9 Å². The molecule has 1 aliphatic heterocycles. The molecule has 0 spiro atoms. The van der Waals surface area contributed by atoms with Crippen LogP contribution in [0, 0.1) is 0 Å². The normalized spacial score (nSPS) is 20.1. The quantitative estimate of drug-likeness (QED) is 0.834. The van der Waals surface area contributed by atoms with Crippen molar-refractivity contribution in [3.8, 4) is 0 Å². The first-order valence-electron chi connectivity index (χ1n) is 9.13. The lowest BCUT2D eigenvalue weighted by Crippen LogP contribution is -2.55. The zero-order valence-electron chi connectivity index (χ0n) is 15.1. The Labute approximate surface area is 149 Å². The van der Waals surface area contributed by atoms with Crippen molar-refractivity contribution in [2.24, 2.45) is 0 Å². The Bertz CT molecular complexity index is 595. The van der Waals surface area contributed by atoms with Gasteiger partial charge in [0.25, 0.3) is 0 Å². The van der Waals surface area contributed by atoms with E-state index in [1.54, 1.807) is 4.90 Å². The number of nitrogens with zero attached hydrogens (tertiary/aromatic N) is 3. The summed E-state index contributed by atoms with van der Waals surface area (Å²) in [5, 5.41) is 3.07. The molecule has 2 fully saturated rings. The van der Waals surface area contributed by atoms with E-state index >= 15 is 0 Å². The standard InChI is InChI=1S/C19H28N4O2/c1-15(19(25)20-16-8-9-16)23-12-10-22(11-13-23)14-18(24)21(2)17-6-4-3-5-7-17/h3-7,15-16H,8-14H2,1-2H3,(H,20,25). The first kappa shape index (κ1) is 17.9. The maximum atomic E-state index is 12.5. The Balaban J connectivity index is 1.44. The topological polar surface area (TPSA) is 55.9 Å². The van der Waals surface area contributed by atoms with E-state index in [2.05, 4.69) is 15.1 Å². The van der Waals surface area contributed by atoms with Crippen LogP contribution in [0.4, 0.5) is 5.69 Å². The minimum absolute atomic E-state index is 0.0922. The highest BCUT2D eigenvalue weighted by molar-refractivity contribution is 5.94. The van der Waals surface area contributed by atoms with E-state index in [9.17, 15) is 9.59 Å². The summed E-state index contributed by atoms with van der Waals surface area (Å²) in [6.07, 6.45) is 2.23. The van der Waals surface area contributed by atoms with Gasteiger partial charge in [-0.25, -0.2) is 0 Å². The average molecular weight is 344 g/mol. The SMILES string of the molecule is CC(C(=O)NC1CC1)N1CCN(CC(=O)N(C)c2ccccc2)CC1. The highest BCUT2D eigenvalue weighted by Crippen LogP contribution is 2.19. The fraction of sp³-hybridized carbons (Fsp3) is 0.579. The molecule has 2 amide bonds. The molecule has 2 aliphatic rings. The summed E-state index contributed by atoms with van der Waals surface area (Å²) in [7, 11) is 1.82. The highest BCUT2D eigenvalue weighted by Gasteiger charge is 2.30. The molecule has 1 aromatic carbocycles. The highest BCUT2D eigenvalue weighted by atomic mass is 16.2. The first-order valence-corrected chi connectivity index (χ1v) is 9.13. The number of anilines is 1. The van der Waals surface area contributed by atoms with Crippen molar-refractivity contribution in [1.82, 2.24) is 15.1 Å². The van der Waals surface area contributed by atoms with Crippen LogP contribution in [0.15, 0.2) is 30.3 Å². The van der Waals surface area contributed by atoms with E-state index in [1.165, 1.54) is 0 Å². The molecule has 1 aromatic rings. The summed E-state index contributed by atoms with van der Waals surface area (Å²) in [5.74, 6) is 0.231. The van der Waals surface area contributed by atoms with Crippen molar-refractivity contribution >= 4 is 17.5 Å². The number of para-hydroxylation sites is 1. The Hall–Kier alpha value is -1.92.